The number of rotatable bonds is 10. The Hall–Kier alpha value is -1.86. The third-order valence-corrected chi connectivity index (χ3v) is 4.61. The molecule has 4 heteroatoms. The fourth-order valence-electron chi connectivity index (χ4n) is 3.55. The molecule has 0 aliphatic rings. The molecule has 0 N–H and O–H groups in total. The largest absolute Gasteiger partial charge is 0.325 e. The Balaban J connectivity index is 2.05. The third-order valence-electron chi connectivity index (χ3n) is 4.61. The number of unbranched alkanes of at least 4 members (excludes halogenated alkanes) is 1. The Morgan fingerprint density at radius 3 is 2.44 bits per heavy atom. The van der Waals surface area contributed by atoms with E-state index >= 15 is 0 Å². The molecule has 2 aromatic rings. The Kier molecular flexibility index (Phi) is 7.46. The SMILES string of the molecule is CCCN(CCC)CCCCc1nc2ccc(C#N)cc2n1C(C)C. The van der Waals surface area contributed by atoms with E-state index in [2.05, 4.69) is 43.2 Å². The normalized spacial score (nSPS) is 11.6. The van der Waals surface area contributed by atoms with Crippen LogP contribution in [-0.4, -0.2) is 34.1 Å². The van der Waals surface area contributed by atoms with Gasteiger partial charge in [0.2, 0.25) is 0 Å². The Morgan fingerprint density at radius 1 is 1.12 bits per heavy atom. The molecule has 1 heterocycles. The van der Waals surface area contributed by atoms with Gasteiger partial charge in [0, 0.05) is 12.5 Å². The van der Waals surface area contributed by atoms with E-state index in [0.29, 0.717) is 11.6 Å². The average Bonchev–Trinajstić information content (AvgIpc) is 2.96. The molecule has 0 fully saturated rings. The van der Waals surface area contributed by atoms with Crippen LogP contribution in [0.3, 0.4) is 0 Å². The van der Waals surface area contributed by atoms with Gasteiger partial charge in [0.25, 0.3) is 0 Å². The Bertz CT molecular complexity index is 702. The summed E-state index contributed by atoms with van der Waals surface area (Å²) in [6, 6.07) is 8.39. The molecule has 4 nitrogen and oxygen atoms in total. The summed E-state index contributed by atoms with van der Waals surface area (Å²) in [5, 5.41) is 9.16. The van der Waals surface area contributed by atoms with Crippen molar-refractivity contribution in [3.05, 3.63) is 29.6 Å². The van der Waals surface area contributed by atoms with Gasteiger partial charge in [0.1, 0.15) is 5.82 Å². The second-order valence-corrected chi connectivity index (χ2v) is 7.11. The number of imidazole rings is 1. The zero-order chi connectivity index (χ0) is 18.2. The van der Waals surface area contributed by atoms with Crippen molar-refractivity contribution in [1.29, 1.82) is 5.26 Å². The molecule has 2 rings (SSSR count). The topological polar surface area (TPSA) is 44.9 Å². The fourth-order valence-corrected chi connectivity index (χ4v) is 3.55. The van der Waals surface area contributed by atoms with Crippen molar-refractivity contribution in [1.82, 2.24) is 14.5 Å². The molecule has 0 radical (unpaired) electrons. The summed E-state index contributed by atoms with van der Waals surface area (Å²) < 4.78 is 2.30. The molecule has 0 saturated heterocycles. The van der Waals surface area contributed by atoms with Crippen molar-refractivity contribution < 1.29 is 0 Å². The molecule has 0 amide bonds. The molecule has 0 spiro atoms. The number of fused-ring (bicyclic) bond motifs is 1. The van der Waals surface area contributed by atoms with Crippen molar-refractivity contribution >= 4 is 11.0 Å². The van der Waals surface area contributed by atoms with E-state index < -0.39 is 0 Å². The minimum atomic E-state index is 0.352. The van der Waals surface area contributed by atoms with Gasteiger partial charge in [-0.25, -0.2) is 4.98 Å². The molecule has 0 unspecified atom stereocenters. The minimum absolute atomic E-state index is 0.352. The molecule has 0 bridgehead atoms. The van der Waals surface area contributed by atoms with Crippen LogP contribution in [-0.2, 0) is 6.42 Å². The van der Waals surface area contributed by atoms with Gasteiger partial charge in [-0.1, -0.05) is 13.8 Å². The zero-order valence-corrected chi connectivity index (χ0v) is 16.3. The van der Waals surface area contributed by atoms with Gasteiger partial charge in [-0.2, -0.15) is 5.26 Å². The highest BCUT2D eigenvalue weighted by Crippen LogP contribution is 2.23. The molecule has 0 aliphatic carbocycles. The minimum Gasteiger partial charge on any atom is -0.325 e. The summed E-state index contributed by atoms with van der Waals surface area (Å²) >= 11 is 0. The van der Waals surface area contributed by atoms with Crippen molar-refractivity contribution in [2.75, 3.05) is 19.6 Å². The summed E-state index contributed by atoms with van der Waals surface area (Å²) in [6.45, 7) is 12.5. The van der Waals surface area contributed by atoms with Gasteiger partial charge < -0.3 is 9.47 Å². The van der Waals surface area contributed by atoms with Crippen LogP contribution in [0.25, 0.3) is 11.0 Å². The lowest BCUT2D eigenvalue weighted by molar-refractivity contribution is 0.268. The smallest absolute Gasteiger partial charge is 0.110 e. The van der Waals surface area contributed by atoms with Crippen LogP contribution in [0.15, 0.2) is 18.2 Å². The first-order valence-electron chi connectivity index (χ1n) is 9.74. The van der Waals surface area contributed by atoms with Gasteiger partial charge in [-0.15, -0.1) is 0 Å². The molecule has 136 valence electrons. The second kappa shape index (κ2) is 9.58. The third kappa shape index (κ3) is 5.06. The molecule has 25 heavy (non-hydrogen) atoms. The van der Waals surface area contributed by atoms with Crippen LogP contribution >= 0.6 is 0 Å². The van der Waals surface area contributed by atoms with E-state index in [-0.39, 0.29) is 0 Å². The first kappa shape index (κ1) is 19.5. The van der Waals surface area contributed by atoms with Crippen molar-refractivity contribution in [3.8, 4) is 6.07 Å². The fraction of sp³-hybridized carbons (Fsp3) is 0.619. The van der Waals surface area contributed by atoms with E-state index in [9.17, 15) is 0 Å². The Labute approximate surface area is 152 Å². The van der Waals surface area contributed by atoms with Gasteiger partial charge in [-0.3, -0.25) is 0 Å². The highest BCUT2D eigenvalue weighted by Gasteiger charge is 2.14. The predicted octanol–water partition coefficient (Wildman–Crippen LogP) is 4.93. The Morgan fingerprint density at radius 2 is 1.84 bits per heavy atom. The highest BCUT2D eigenvalue weighted by atomic mass is 15.1. The lowest BCUT2D eigenvalue weighted by Crippen LogP contribution is -2.26. The lowest BCUT2D eigenvalue weighted by Gasteiger charge is -2.20. The number of nitriles is 1. The number of aromatic nitrogens is 2. The summed E-state index contributed by atoms with van der Waals surface area (Å²) in [5.41, 5.74) is 2.79. The molecule has 1 aromatic heterocycles. The summed E-state index contributed by atoms with van der Waals surface area (Å²) in [7, 11) is 0. The van der Waals surface area contributed by atoms with Crippen LogP contribution in [0, 0.1) is 11.3 Å². The van der Waals surface area contributed by atoms with Gasteiger partial charge >= 0.3 is 0 Å². The monoisotopic (exact) mass is 340 g/mol. The van der Waals surface area contributed by atoms with E-state index in [0.717, 1.165) is 29.7 Å². The first-order valence-corrected chi connectivity index (χ1v) is 9.74. The maximum atomic E-state index is 9.16. The molecular weight excluding hydrogens is 308 g/mol. The summed E-state index contributed by atoms with van der Waals surface area (Å²) in [4.78, 5) is 7.41. The first-order chi connectivity index (χ1) is 12.1. The maximum absolute atomic E-state index is 9.16. The molecule has 0 aliphatic heterocycles. The van der Waals surface area contributed by atoms with Crippen LogP contribution in [0.2, 0.25) is 0 Å². The van der Waals surface area contributed by atoms with E-state index in [4.69, 9.17) is 10.2 Å². The summed E-state index contributed by atoms with van der Waals surface area (Å²) in [5.74, 6) is 1.15. The maximum Gasteiger partial charge on any atom is 0.110 e. The second-order valence-electron chi connectivity index (χ2n) is 7.11. The number of aryl methyl sites for hydroxylation is 1. The average molecular weight is 341 g/mol. The summed E-state index contributed by atoms with van der Waals surface area (Å²) in [6.07, 6.45) is 5.82. The van der Waals surface area contributed by atoms with Crippen LogP contribution in [0.4, 0.5) is 0 Å². The van der Waals surface area contributed by atoms with Crippen molar-refractivity contribution in [2.45, 2.75) is 65.8 Å². The lowest BCUT2D eigenvalue weighted by atomic mass is 10.2. The standard InChI is InChI=1S/C21H32N4/c1-5-12-24(13-6-2)14-8-7-9-21-23-19-11-10-18(16-22)15-20(19)25(21)17(3)4/h10-11,15,17H,5-9,12-14H2,1-4H3. The van der Waals surface area contributed by atoms with Gasteiger partial charge in [-0.05, 0) is 77.4 Å². The number of hydrogen-bond donors (Lipinski definition) is 0. The number of nitrogens with zero attached hydrogens (tertiary/aromatic N) is 4. The van der Waals surface area contributed by atoms with E-state index in [1.165, 1.54) is 38.9 Å². The quantitative estimate of drug-likeness (QED) is 0.576. The zero-order valence-electron chi connectivity index (χ0n) is 16.3. The predicted molar refractivity (Wildman–Crippen MR) is 105 cm³/mol. The molecule has 1 aromatic carbocycles. The molecule has 0 atom stereocenters. The van der Waals surface area contributed by atoms with E-state index in [1.807, 2.05) is 18.2 Å². The molecular formula is C21H32N4. The highest BCUT2D eigenvalue weighted by molar-refractivity contribution is 5.78. The van der Waals surface area contributed by atoms with Crippen LogP contribution in [0.1, 0.15) is 70.8 Å². The molecule has 0 saturated carbocycles. The van der Waals surface area contributed by atoms with Crippen LogP contribution < -0.4 is 0 Å². The van der Waals surface area contributed by atoms with E-state index in [1.54, 1.807) is 0 Å². The van der Waals surface area contributed by atoms with Crippen molar-refractivity contribution in [2.24, 2.45) is 0 Å². The number of hydrogen-bond acceptors (Lipinski definition) is 3. The van der Waals surface area contributed by atoms with Gasteiger partial charge in [0.05, 0.1) is 22.7 Å². The van der Waals surface area contributed by atoms with Crippen LogP contribution in [0.5, 0.6) is 0 Å². The number of benzene rings is 1. The van der Waals surface area contributed by atoms with Crippen molar-refractivity contribution in [3.63, 3.8) is 0 Å². The van der Waals surface area contributed by atoms with Gasteiger partial charge in [0.15, 0.2) is 0 Å².